The van der Waals surface area contributed by atoms with Crippen molar-refractivity contribution in [3.8, 4) is 23.3 Å². The van der Waals surface area contributed by atoms with Gasteiger partial charge in [-0.3, -0.25) is 0 Å². The molecule has 4 heteroatoms. The first-order valence-corrected chi connectivity index (χ1v) is 11.4. The molecule has 0 amide bonds. The largest absolute Gasteiger partial charge is 0.490 e. The van der Waals surface area contributed by atoms with Crippen molar-refractivity contribution in [2.45, 2.75) is 33.1 Å². The number of ether oxygens (including phenoxy) is 3. The van der Waals surface area contributed by atoms with Gasteiger partial charge in [0.05, 0.1) is 18.2 Å². The summed E-state index contributed by atoms with van der Waals surface area (Å²) in [5.74, 6) is 2.69. The van der Waals surface area contributed by atoms with E-state index in [1.165, 1.54) is 5.56 Å². The van der Waals surface area contributed by atoms with Crippen molar-refractivity contribution in [2.75, 3.05) is 19.8 Å². The maximum absolute atomic E-state index is 9.57. The summed E-state index contributed by atoms with van der Waals surface area (Å²) in [6.07, 6.45) is 2.97. The van der Waals surface area contributed by atoms with Gasteiger partial charge in [0, 0.05) is 0 Å². The van der Waals surface area contributed by atoms with Gasteiger partial charge in [-0.15, -0.1) is 0 Å². The van der Waals surface area contributed by atoms with Gasteiger partial charge < -0.3 is 14.2 Å². The quantitative estimate of drug-likeness (QED) is 0.181. The van der Waals surface area contributed by atoms with Crippen molar-refractivity contribution in [1.29, 1.82) is 5.26 Å². The van der Waals surface area contributed by atoms with Crippen LogP contribution in [-0.4, -0.2) is 19.8 Å². The first-order chi connectivity index (χ1) is 16.1. The Morgan fingerprint density at radius 2 is 1.61 bits per heavy atom. The van der Waals surface area contributed by atoms with Crippen LogP contribution >= 0.6 is 0 Å². The lowest BCUT2D eigenvalue weighted by Crippen LogP contribution is -2.10. The third-order valence-electron chi connectivity index (χ3n) is 5.45. The van der Waals surface area contributed by atoms with E-state index in [2.05, 4.69) is 32.0 Å². The lowest BCUT2D eigenvalue weighted by Gasteiger charge is -2.14. The minimum Gasteiger partial charge on any atom is -0.490 e. The molecule has 0 aromatic heterocycles. The highest BCUT2D eigenvalue weighted by Gasteiger charge is 2.08. The Morgan fingerprint density at radius 1 is 0.879 bits per heavy atom. The highest BCUT2D eigenvalue weighted by atomic mass is 16.5. The minimum atomic E-state index is 0.399. The molecule has 0 aliphatic rings. The van der Waals surface area contributed by atoms with Crippen molar-refractivity contribution in [3.05, 3.63) is 89.5 Å². The smallest absolute Gasteiger partial charge is 0.161 e. The Kier molecular flexibility index (Phi) is 8.97. The number of nitrogens with zero attached hydrogens (tertiary/aromatic N) is 1. The van der Waals surface area contributed by atoms with E-state index in [1.54, 1.807) is 0 Å². The summed E-state index contributed by atoms with van der Waals surface area (Å²) in [7, 11) is 0. The van der Waals surface area contributed by atoms with Gasteiger partial charge in [0.25, 0.3) is 0 Å². The molecule has 3 rings (SSSR count). The molecule has 0 aliphatic heterocycles. The van der Waals surface area contributed by atoms with E-state index in [0.29, 0.717) is 42.8 Å². The van der Waals surface area contributed by atoms with Gasteiger partial charge in [-0.25, -0.2) is 0 Å². The molecule has 0 saturated heterocycles. The van der Waals surface area contributed by atoms with Crippen LogP contribution in [0.4, 0.5) is 0 Å². The minimum absolute atomic E-state index is 0.399. The summed E-state index contributed by atoms with van der Waals surface area (Å²) in [5.41, 5.74) is 3.68. The SMILES string of the molecule is CCOc1cc(/C=C(\C#N)c2ccccc2)ccc1OCCOc1ccc([C@@H](C)CC)cc1. The van der Waals surface area contributed by atoms with Crippen LogP contribution in [0.5, 0.6) is 17.2 Å². The number of hydrogen-bond acceptors (Lipinski definition) is 4. The van der Waals surface area contributed by atoms with Crippen molar-refractivity contribution >= 4 is 11.6 Å². The highest BCUT2D eigenvalue weighted by Crippen LogP contribution is 2.30. The average Bonchev–Trinajstić information content (AvgIpc) is 2.86. The van der Waals surface area contributed by atoms with Crippen LogP contribution in [0.25, 0.3) is 11.6 Å². The zero-order valence-electron chi connectivity index (χ0n) is 19.6. The van der Waals surface area contributed by atoms with Crippen LogP contribution in [0, 0.1) is 11.3 Å². The molecular formula is C29H31NO3. The summed E-state index contributed by atoms with van der Waals surface area (Å²) in [5, 5.41) is 9.57. The third kappa shape index (κ3) is 6.89. The molecule has 0 N–H and O–H groups in total. The maximum atomic E-state index is 9.57. The lowest BCUT2D eigenvalue weighted by molar-refractivity contribution is 0.208. The Balaban J connectivity index is 1.62. The fraction of sp³-hybridized carbons (Fsp3) is 0.276. The first-order valence-electron chi connectivity index (χ1n) is 11.4. The molecule has 0 bridgehead atoms. The highest BCUT2D eigenvalue weighted by molar-refractivity contribution is 5.89. The summed E-state index contributed by atoms with van der Waals surface area (Å²) < 4.78 is 17.5. The Labute approximate surface area is 197 Å². The standard InChI is InChI=1S/C29H31NO3/c1-4-22(3)24-12-14-27(15-13-24)32-17-18-33-28-16-11-23(20-29(28)31-5-2)19-26(21-30)25-9-7-6-8-10-25/h6-16,19-20,22H,4-5,17-18H2,1-3H3/b26-19+/t22-/m0/s1. The molecule has 0 fully saturated rings. The number of allylic oxidation sites excluding steroid dienone is 1. The summed E-state index contributed by atoms with van der Waals surface area (Å²) in [4.78, 5) is 0. The van der Waals surface area contributed by atoms with E-state index in [0.717, 1.165) is 23.3 Å². The fourth-order valence-electron chi connectivity index (χ4n) is 3.41. The van der Waals surface area contributed by atoms with Crippen molar-refractivity contribution in [1.82, 2.24) is 0 Å². The number of rotatable bonds is 11. The van der Waals surface area contributed by atoms with Gasteiger partial charge in [-0.05, 0) is 66.3 Å². The zero-order valence-corrected chi connectivity index (χ0v) is 19.6. The van der Waals surface area contributed by atoms with Gasteiger partial charge in [-0.1, -0.05) is 62.4 Å². The Morgan fingerprint density at radius 3 is 2.27 bits per heavy atom. The van der Waals surface area contributed by atoms with E-state index in [-0.39, 0.29) is 0 Å². The van der Waals surface area contributed by atoms with Crippen molar-refractivity contribution < 1.29 is 14.2 Å². The number of hydrogen-bond donors (Lipinski definition) is 0. The molecule has 0 spiro atoms. The van der Waals surface area contributed by atoms with Crippen molar-refractivity contribution in [3.63, 3.8) is 0 Å². The third-order valence-corrected chi connectivity index (χ3v) is 5.45. The van der Waals surface area contributed by atoms with E-state index in [4.69, 9.17) is 14.2 Å². The van der Waals surface area contributed by atoms with E-state index in [9.17, 15) is 5.26 Å². The van der Waals surface area contributed by atoms with E-state index >= 15 is 0 Å². The van der Waals surface area contributed by atoms with Crippen molar-refractivity contribution in [2.24, 2.45) is 0 Å². The number of benzene rings is 3. The predicted molar refractivity (Wildman–Crippen MR) is 134 cm³/mol. The maximum Gasteiger partial charge on any atom is 0.161 e. The topological polar surface area (TPSA) is 51.5 Å². The lowest BCUT2D eigenvalue weighted by atomic mass is 9.99. The van der Waals surface area contributed by atoms with Crippen LogP contribution in [0.1, 0.15) is 49.8 Å². The van der Waals surface area contributed by atoms with Crippen LogP contribution in [-0.2, 0) is 0 Å². The molecule has 170 valence electrons. The van der Waals surface area contributed by atoms with Gasteiger partial charge in [0.2, 0.25) is 0 Å². The Bertz CT molecular complexity index is 1080. The molecule has 3 aromatic rings. The fourth-order valence-corrected chi connectivity index (χ4v) is 3.41. The van der Waals surface area contributed by atoms with Gasteiger partial charge in [0.1, 0.15) is 19.0 Å². The van der Waals surface area contributed by atoms with E-state index < -0.39 is 0 Å². The molecule has 1 atom stereocenters. The van der Waals surface area contributed by atoms with Crippen LogP contribution in [0.3, 0.4) is 0 Å². The molecule has 0 heterocycles. The molecular weight excluding hydrogens is 410 g/mol. The van der Waals surface area contributed by atoms with Crippen LogP contribution < -0.4 is 14.2 Å². The second-order valence-corrected chi connectivity index (χ2v) is 7.75. The van der Waals surface area contributed by atoms with Crippen LogP contribution in [0.2, 0.25) is 0 Å². The molecule has 0 saturated carbocycles. The van der Waals surface area contributed by atoms with Gasteiger partial charge in [0.15, 0.2) is 11.5 Å². The monoisotopic (exact) mass is 441 g/mol. The zero-order chi connectivity index (χ0) is 23.5. The second-order valence-electron chi connectivity index (χ2n) is 7.75. The Hall–Kier alpha value is -3.71. The molecule has 4 nitrogen and oxygen atoms in total. The second kappa shape index (κ2) is 12.4. The number of nitriles is 1. The predicted octanol–water partition coefficient (Wildman–Crippen LogP) is 7.12. The van der Waals surface area contributed by atoms with Gasteiger partial charge >= 0.3 is 0 Å². The first kappa shape index (κ1) is 23.9. The van der Waals surface area contributed by atoms with E-state index in [1.807, 2.05) is 73.7 Å². The van der Waals surface area contributed by atoms with Crippen LogP contribution in [0.15, 0.2) is 72.8 Å². The van der Waals surface area contributed by atoms with Gasteiger partial charge in [-0.2, -0.15) is 5.26 Å². The summed E-state index contributed by atoms with van der Waals surface area (Å²) in [6.45, 7) is 7.70. The summed E-state index contributed by atoms with van der Waals surface area (Å²) >= 11 is 0. The molecule has 0 aliphatic carbocycles. The summed E-state index contributed by atoms with van der Waals surface area (Å²) in [6, 6.07) is 25.8. The molecule has 3 aromatic carbocycles. The molecule has 33 heavy (non-hydrogen) atoms. The molecule has 0 radical (unpaired) electrons. The average molecular weight is 442 g/mol. The normalized spacial score (nSPS) is 12.0. The molecule has 0 unspecified atom stereocenters.